The quantitative estimate of drug-likeness (QED) is 0.451. The Morgan fingerprint density at radius 3 is 2.32 bits per heavy atom. The predicted octanol–water partition coefficient (Wildman–Crippen LogP) is 3.31. The van der Waals surface area contributed by atoms with E-state index in [1.54, 1.807) is 0 Å². The van der Waals surface area contributed by atoms with Crippen LogP contribution in [0.5, 0.6) is 0 Å². The van der Waals surface area contributed by atoms with Gasteiger partial charge in [-0.3, -0.25) is 11.3 Å². The summed E-state index contributed by atoms with van der Waals surface area (Å²) in [5, 5.41) is 0. The van der Waals surface area contributed by atoms with Gasteiger partial charge in [0.1, 0.15) is 0 Å². The number of hydrogen-bond donors (Lipinski definition) is 2. The van der Waals surface area contributed by atoms with Crippen LogP contribution in [0.4, 0.5) is 0 Å². The Balaban J connectivity index is 2.61. The van der Waals surface area contributed by atoms with Gasteiger partial charge in [-0.25, -0.2) is 0 Å². The van der Waals surface area contributed by atoms with Gasteiger partial charge in [-0.2, -0.15) is 0 Å². The fourth-order valence-electron chi connectivity index (χ4n) is 2.10. The second kappa shape index (κ2) is 7.63. The van der Waals surface area contributed by atoms with E-state index in [0.29, 0.717) is 0 Å². The number of nitrogens with one attached hydrogen (secondary N) is 1. The molecule has 1 unspecified atom stereocenters. The average Bonchev–Trinajstić information content (AvgIpc) is 2.38. The zero-order valence-corrected chi connectivity index (χ0v) is 12.7. The molecule has 3 heteroatoms. The molecule has 3 N–H and O–H groups in total. The van der Waals surface area contributed by atoms with Crippen LogP contribution in [0.25, 0.3) is 0 Å². The normalized spacial score (nSPS) is 13.5. The van der Waals surface area contributed by atoms with Crippen molar-refractivity contribution < 1.29 is 4.74 Å². The maximum Gasteiger partial charge on any atom is 0.0466 e. The molecule has 1 rings (SSSR count). The van der Waals surface area contributed by atoms with Crippen molar-refractivity contribution in [2.45, 2.75) is 52.0 Å². The highest BCUT2D eigenvalue weighted by molar-refractivity contribution is 5.29. The SMILES string of the molecule is CCOCCCC(NN)c1ccc(C(C)(C)C)cc1. The maximum atomic E-state index is 5.65. The average molecular weight is 264 g/mol. The van der Waals surface area contributed by atoms with E-state index in [1.807, 2.05) is 6.92 Å². The summed E-state index contributed by atoms with van der Waals surface area (Å²) in [6.45, 7) is 10.3. The first-order chi connectivity index (χ1) is 8.99. The van der Waals surface area contributed by atoms with Gasteiger partial charge in [-0.05, 0) is 36.3 Å². The fraction of sp³-hybridized carbons (Fsp3) is 0.625. The summed E-state index contributed by atoms with van der Waals surface area (Å²) >= 11 is 0. The van der Waals surface area contributed by atoms with Gasteiger partial charge in [0.25, 0.3) is 0 Å². The molecule has 0 radical (unpaired) electrons. The Kier molecular flexibility index (Phi) is 6.49. The number of hydrazine groups is 1. The zero-order valence-electron chi connectivity index (χ0n) is 12.7. The second-order valence-electron chi connectivity index (χ2n) is 5.93. The number of ether oxygens (including phenoxy) is 1. The topological polar surface area (TPSA) is 47.3 Å². The van der Waals surface area contributed by atoms with Crippen molar-refractivity contribution >= 4 is 0 Å². The van der Waals surface area contributed by atoms with E-state index in [0.717, 1.165) is 26.1 Å². The molecule has 0 aromatic heterocycles. The van der Waals surface area contributed by atoms with Gasteiger partial charge in [-0.1, -0.05) is 45.0 Å². The molecule has 0 aliphatic carbocycles. The van der Waals surface area contributed by atoms with Crippen LogP contribution in [0.15, 0.2) is 24.3 Å². The molecule has 0 saturated heterocycles. The second-order valence-corrected chi connectivity index (χ2v) is 5.93. The van der Waals surface area contributed by atoms with Gasteiger partial charge in [0.05, 0.1) is 0 Å². The highest BCUT2D eigenvalue weighted by Crippen LogP contribution is 2.25. The standard InChI is InChI=1S/C16H28N2O/c1-5-19-12-6-7-15(18-17)13-8-10-14(11-9-13)16(2,3)4/h8-11,15,18H,5-7,12,17H2,1-4H3. The van der Waals surface area contributed by atoms with Crippen molar-refractivity contribution in [2.75, 3.05) is 13.2 Å². The first-order valence-electron chi connectivity index (χ1n) is 7.13. The lowest BCUT2D eigenvalue weighted by molar-refractivity contribution is 0.141. The van der Waals surface area contributed by atoms with Crippen molar-refractivity contribution in [3.8, 4) is 0 Å². The largest absolute Gasteiger partial charge is 0.382 e. The van der Waals surface area contributed by atoms with E-state index in [1.165, 1.54) is 11.1 Å². The van der Waals surface area contributed by atoms with Crippen molar-refractivity contribution in [3.63, 3.8) is 0 Å². The molecule has 0 spiro atoms. The zero-order chi connectivity index (χ0) is 14.3. The van der Waals surface area contributed by atoms with Crippen molar-refractivity contribution in [1.29, 1.82) is 0 Å². The third-order valence-electron chi connectivity index (χ3n) is 3.37. The molecular weight excluding hydrogens is 236 g/mol. The summed E-state index contributed by atoms with van der Waals surface area (Å²) in [4.78, 5) is 0. The molecule has 0 bridgehead atoms. The molecule has 19 heavy (non-hydrogen) atoms. The molecule has 108 valence electrons. The number of benzene rings is 1. The molecule has 0 aliphatic heterocycles. The van der Waals surface area contributed by atoms with E-state index in [4.69, 9.17) is 10.6 Å². The molecule has 0 amide bonds. The molecule has 1 aromatic rings. The molecular formula is C16H28N2O. The summed E-state index contributed by atoms with van der Waals surface area (Å²) < 4.78 is 5.36. The Hall–Kier alpha value is -0.900. The molecule has 0 fully saturated rings. The monoisotopic (exact) mass is 264 g/mol. The Morgan fingerprint density at radius 1 is 1.21 bits per heavy atom. The molecule has 0 saturated carbocycles. The van der Waals surface area contributed by atoms with Gasteiger partial charge >= 0.3 is 0 Å². The predicted molar refractivity (Wildman–Crippen MR) is 80.9 cm³/mol. The van der Waals surface area contributed by atoms with Crippen molar-refractivity contribution in [1.82, 2.24) is 5.43 Å². The molecule has 0 heterocycles. The molecule has 1 atom stereocenters. The Morgan fingerprint density at radius 2 is 1.84 bits per heavy atom. The minimum absolute atomic E-state index is 0.194. The van der Waals surface area contributed by atoms with Crippen LogP contribution in [0.3, 0.4) is 0 Å². The van der Waals surface area contributed by atoms with Crippen LogP contribution in [0, 0.1) is 0 Å². The van der Waals surface area contributed by atoms with Gasteiger partial charge in [0, 0.05) is 19.3 Å². The molecule has 0 aliphatic rings. The van der Waals surface area contributed by atoms with Crippen LogP contribution in [-0.2, 0) is 10.2 Å². The van der Waals surface area contributed by atoms with Crippen LogP contribution in [0.2, 0.25) is 0 Å². The minimum Gasteiger partial charge on any atom is -0.382 e. The highest BCUT2D eigenvalue weighted by Gasteiger charge is 2.15. The number of hydrogen-bond acceptors (Lipinski definition) is 3. The Bertz CT molecular complexity index is 354. The summed E-state index contributed by atoms with van der Waals surface area (Å²) in [6, 6.07) is 8.94. The summed E-state index contributed by atoms with van der Waals surface area (Å²) in [6.07, 6.45) is 2.01. The summed E-state index contributed by atoms with van der Waals surface area (Å²) in [7, 11) is 0. The van der Waals surface area contributed by atoms with Crippen molar-refractivity contribution in [3.05, 3.63) is 35.4 Å². The lowest BCUT2D eigenvalue weighted by atomic mass is 9.86. The van der Waals surface area contributed by atoms with E-state index in [-0.39, 0.29) is 11.5 Å². The van der Waals surface area contributed by atoms with Crippen LogP contribution in [-0.4, -0.2) is 13.2 Å². The van der Waals surface area contributed by atoms with Crippen LogP contribution < -0.4 is 11.3 Å². The van der Waals surface area contributed by atoms with E-state index >= 15 is 0 Å². The number of nitrogens with two attached hydrogens (primary N) is 1. The van der Waals surface area contributed by atoms with E-state index in [9.17, 15) is 0 Å². The third-order valence-corrected chi connectivity index (χ3v) is 3.37. The van der Waals surface area contributed by atoms with Gasteiger partial charge in [0.15, 0.2) is 0 Å². The summed E-state index contributed by atoms with van der Waals surface area (Å²) in [5.41, 5.74) is 5.68. The summed E-state index contributed by atoms with van der Waals surface area (Å²) in [5.74, 6) is 5.65. The maximum absolute atomic E-state index is 5.65. The third kappa shape index (κ3) is 5.31. The lowest BCUT2D eigenvalue weighted by Crippen LogP contribution is -2.28. The molecule has 3 nitrogen and oxygen atoms in total. The van der Waals surface area contributed by atoms with E-state index in [2.05, 4.69) is 50.5 Å². The van der Waals surface area contributed by atoms with Gasteiger partial charge < -0.3 is 4.74 Å². The Labute approximate surface area is 117 Å². The van der Waals surface area contributed by atoms with Gasteiger partial charge in [-0.15, -0.1) is 0 Å². The van der Waals surface area contributed by atoms with Gasteiger partial charge in [0.2, 0.25) is 0 Å². The fourth-order valence-corrected chi connectivity index (χ4v) is 2.10. The van der Waals surface area contributed by atoms with Crippen LogP contribution >= 0.6 is 0 Å². The first kappa shape index (κ1) is 16.2. The molecule has 1 aromatic carbocycles. The van der Waals surface area contributed by atoms with Crippen molar-refractivity contribution in [2.24, 2.45) is 5.84 Å². The smallest absolute Gasteiger partial charge is 0.0466 e. The first-order valence-corrected chi connectivity index (χ1v) is 7.13. The van der Waals surface area contributed by atoms with E-state index < -0.39 is 0 Å². The highest BCUT2D eigenvalue weighted by atomic mass is 16.5. The van der Waals surface area contributed by atoms with Crippen LogP contribution in [0.1, 0.15) is 57.7 Å². The number of rotatable bonds is 7. The minimum atomic E-state index is 0.194. The lowest BCUT2D eigenvalue weighted by Gasteiger charge is -2.21.